The molecule has 0 heterocycles. The fraction of sp³-hybridized carbons (Fsp3) is 0.400. The summed E-state index contributed by atoms with van der Waals surface area (Å²) in [6.07, 6.45) is -1.10. The molecular formula is C10H13F2NO. The lowest BCUT2D eigenvalue weighted by Gasteiger charge is -2.17. The molecule has 0 aliphatic rings. The molecule has 1 rings (SSSR count). The second kappa shape index (κ2) is 4.02. The van der Waals surface area contributed by atoms with Crippen LogP contribution in [0.5, 0.6) is 0 Å². The molecule has 1 aromatic rings. The summed E-state index contributed by atoms with van der Waals surface area (Å²) in [5.74, 6) is -1.41. The first kappa shape index (κ1) is 11.1. The summed E-state index contributed by atoms with van der Waals surface area (Å²) >= 11 is 0. The maximum absolute atomic E-state index is 13.3. The molecule has 0 fully saturated rings. The standard InChI is InChI=1S/C10H13F2NO/c1-5-3-7(11)4-8(12)9(5)10(14)6(2)13/h3-4,6,10,14H,13H2,1-2H3/t6-,10-/m1/s1. The average Bonchev–Trinajstić information content (AvgIpc) is 2.01. The minimum atomic E-state index is -1.10. The fourth-order valence-corrected chi connectivity index (χ4v) is 1.35. The molecule has 0 unspecified atom stereocenters. The molecule has 0 bridgehead atoms. The van der Waals surface area contributed by atoms with Crippen LogP contribution in [0.1, 0.15) is 24.2 Å². The molecule has 0 saturated carbocycles. The SMILES string of the molecule is Cc1cc(F)cc(F)c1[C@H](O)[C@@H](C)N. The van der Waals surface area contributed by atoms with E-state index in [1.54, 1.807) is 6.92 Å². The number of hydrogen-bond donors (Lipinski definition) is 2. The van der Waals surface area contributed by atoms with Gasteiger partial charge in [0, 0.05) is 17.7 Å². The van der Waals surface area contributed by atoms with Crippen molar-refractivity contribution in [1.82, 2.24) is 0 Å². The number of benzene rings is 1. The van der Waals surface area contributed by atoms with Gasteiger partial charge in [-0.1, -0.05) is 0 Å². The second-order valence-corrected chi connectivity index (χ2v) is 3.42. The third kappa shape index (κ3) is 2.08. The van der Waals surface area contributed by atoms with Gasteiger partial charge in [0.15, 0.2) is 0 Å². The molecule has 0 amide bonds. The number of nitrogens with two attached hydrogens (primary N) is 1. The van der Waals surface area contributed by atoms with Crippen LogP contribution in [0, 0.1) is 18.6 Å². The van der Waals surface area contributed by atoms with E-state index in [1.165, 1.54) is 13.0 Å². The van der Waals surface area contributed by atoms with Gasteiger partial charge in [0.25, 0.3) is 0 Å². The first-order chi connectivity index (χ1) is 6.43. The van der Waals surface area contributed by atoms with Crippen LogP contribution in [0.4, 0.5) is 8.78 Å². The van der Waals surface area contributed by atoms with E-state index in [0.717, 1.165) is 6.07 Å². The van der Waals surface area contributed by atoms with Crippen LogP contribution in [0.15, 0.2) is 12.1 Å². The van der Waals surface area contributed by atoms with Gasteiger partial charge >= 0.3 is 0 Å². The van der Waals surface area contributed by atoms with Gasteiger partial charge < -0.3 is 10.8 Å². The Kier molecular flexibility index (Phi) is 3.18. The highest BCUT2D eigenvalue weighted by atomic mass is 19.1. The molecule has 2 nitrogen and oxygen atoms in total. The van der Waals surface area contributed by atoms with Gasteiger partial charge in [-0.05, 0) is 25.5 Å². The molecule has 1 aromatic carbocycles. The zero-order chi connectivity index (χ0) is 10.9. The van der Waals surface area contributed by atoms with Gasteiger partial charge in [-0.15, -0.1) is 0 Å². The Balaban J connectivity index is 3.20. The van der Waals surface area contributed by atoms with E-state index in [0.29, 0.717) is 5.56 Å². The van der Waals surface area contributed by atoms with Crippen LogP contribution in [0.3, 0.4) is 0 Å². The molecule has 4 heteroatoms. The van der Waals surface area contributed by atoms with Crippen LogP contribution in [-0.4, -0.2) is 11.1 Å². The highest BCUT2D eigenvalue weighted by Crippen LogP contribution is 2.24. The Morgan fingerprint density at radius 2 is 1.93 bits per heavy atom. The van der Waals surface area contributed by atoms with E-state index >= 15 is 0 Å². The van der Waals surface area contributed by atoms with Crippen molar-refractivity contribution in [3.05, 3.63) is 34.9 Å². The molecule has 0 aliphatic heterocycles. The van der Waals surface area contributed by atoms with Crippen molar-refractivity contribution >= 4 is 0 Å². The van der Waals surface area contributed by atoms with Gasteiger partial charge in [0.05, 0.1) is 6.10 Å². The number of aryl methyl sites for hydroxylation is 1. The second-order valence-electron chi connectivity index (χ2n) is 3.42. The Morgan fingerprint density at radius 1 is 1.36 bits per heavy atom. The van der Waals surface area contributed by atoms with Crippen LogP contribution in [0.25, 0.3) is 0 Å². The largest absolute Gasteiger partial charge is 0.387 e. The molecule has 0 aliphatic carbocycles. The molecule has 14 heavy (non-hydrogen) atoms. The van der Waals surface area contributed by atoms with E-state index in [9.17, 15) is 13.9 Å². The summed E-state index contributed by atoms with van der Waals surface area (Å²) in [7, 11) is 0. The highest BCUT2D eigenvalue weighted by Gasteiger charge is 2.19. The maximum Gasteiger partial charge on any atom is 0.132 e. The fourth-order valence-electron chi connectivity index (χ4n) is 1.35. The number of halogens is 2. The number of rotatable bonds is 2. The third-order valence-electron chi connectivity index (χ3n) is 2.09. The third-order valence-corrected chi connectivity index (χ3v) is 2.09. The summed E-state index contributed by atoms with van der Waals surface area (Å²) in [4.78, 5) is 0. The van der Waals surface area contributed by atoms with Crippen LogP contribution >= 0.6 is 0 Å². The normalized spacial score (nSPS) is 15.3. The van der Waals surface area contributed by atoms with E-state index < -0.39 is 23.8 Å². The topological polar surface area (TPSA) is 46.2 Å². The smallest absolute Gasteiger partial charge is 0.132 e. The maximum atomic E-state index is 13.3. The molecule has 0 radical (unpaired) electrons. The number of aliphatic hydroxyl groups excluding tert-OH is 1. The lowest BCUT2D eigenvalue weighted by molar-refractivity contribution is 0.148. The first-order valence-electron chi connectivity index (χ1n) is 4.32. The lowest BCUT2D eigenvalue weighted by atomic mass is 9.98. The molecule has 2 atom stereocenters. The van der Waals surface area contributed by atoms with E-state index in [-0.39, 0.29) is 5.56 Å². The number of hydrogen-bond acceptors (Lipinski definition) is 2. The molecule has 0 saturated heterocycles. The van der Waals surface area contributed by atoms with Gasteiger partial charge in [-0.25, -0.2) is 8.78 Å². The Morgan fingerprint density at radius 3 is 2.36 bits per heavy atom. The minimum Gasteiger partial charge on any atom is -0.387 e. The van der Waals surface area contributed by atoms with E-state index in [4.69, 9.17) is 5.73 Å². The zero-order valence-corrected chi connectivity index (χ0v) is 8.09. The van der Waals surface area contributed by atoms with Gasteiger partial charge in [0.2, 0.25) is 0 Å². The summed E-state index contributed by atoms with van der Waals surface area (Å²) in [5.41, 5.74) is 5.87. The highest BCUT2D eigenvalue weighted by molar-refractivity contribution is 5.30. The predicted octanol–water partition coefficient (Wildman–Crippen LogP) is 1.65. The molecule has 3 N–H and O–H groups in total. The van der Waals surface area contributed by atoms with Crippen LogP contribution in [-0.2, 0) is 0 Å². The van der Waals surface area contributed by atoms with Crippen molar-refractivity contribution in [1.29, 1.82) is 0 Å². The van der Waals surface area contributed by atoms with E-state index in [1.807, 2.05) is 0 Å². The zero-order valence-electron chi connectivity index (χ0n) is 8.09. The van der Waals surface area contributed by atoms with Crippen molar-refractivity contribution in [3.63, 3.8) is 0 Å². The predicted molar refractivity (Wildman–Crippen MR) is 49.7 cm³/mol. The van der Waals surface area contributed by atoms with Crippen molar-refractivity contribution < 1.29 is 13.9 Å². The van der Waals surface area contributed by atoms with Gasteiger partial charge in [0.1, 0.15) is 11.6 Å². The summed E-state index contributed by atoms with van der Waals surface area (Å²) in [5, 5.41) is 9.56. The minimum absolute atomic E-state index is 0.0707. The van der Waals surface area contributed by atoms with Gasteiger partial charge in [-0.2, -0.15) is 0 Å². The molecule has 78 valence electrons. The molecule has 0 spiro atoms. The summed E-state index contributed by atoms with van der Waals surface area (Å²) in [6.45, 7) is 3.10. The Hall–Kier alpha value is -1.00. The lowest BCUT2D eigenvalue weighted by Crippen LogP contribution is -2.26. The molecular weight excluding hydrogens is 188 g/mol. The monoisotopic (exact) mass is 201 g/mol. The van der Waals surface area contributed by atoms with Gasteiger partial charge in [-0.3, -0.25) is 0 Å². The number of aliphatic hydroxyl groups is 1. The van der Waals surface area contributed by atoms with E-state index in [2.05, 4.69) is 0 Å². The summed E-state index contributed by atoms with van der Waals surface area (Å²) in [6, 6.07) is 1.33. The Labute approximate surface area is 81.4 Å². The van der Waals surface area contributed by atoms with Crippen LogP contribution < -0.4 is 5.73 Å². The summed E-state index contributed by atoms with van der Waals surface area (Å²) < 4.78 is 26.0. The quantitative estimate of drug-likeness (QED) is 0.764. The van der Waals surface area contributed by atoms with Crippen molar-refractivity contribution in [2.24, 2.45) is 5.73 Å². The Bertz CT molecular complexity index is 316. The average molecular weight is 201 g/mol. The van der Waals surface area contributed by atoms with Crippen molar-refractivity contribution in [3.8, 4) is 0 Å². The molecule has 0 aromatic heterocycles. The first-order valence-corrected chi connectivity index (χ1v) is 4.32. The van der Waals surface area contributed by atoms with Crippen molar-refractivity contribution in [2.75, 3.05) is 0 Å². The van der Waals surface area contributed by atoms with Crippen molar-refractivity contribution in [2.45, 2.75) is 26.0 Å². The van der Waals surface area contributed by atoms with Crippen LogP contribution in [0.2, 0.25) is 0 Å².